The number of carbonyl (C=O) groups excluding carboxylic acids is 1. The van der Waals surface area contributed by atoms with Crippen molar-refractivity contribution in [1.29, 1.82) is 15.8 Å². The third-order valence-electron chi connectivity index (χ3n) is 10.9. The van der Waals surface area contributed by atoms with Crippen LogP contribution in [0.3, 0.4) is 0 Å². The molecule has 0 spiro atoms. The van der Waals surface area contributed by atoms with Gasteiger partial charge in [0.25, 0.3) is 0 Å². The Morgan fingerprint density at radius 3 is 0.803 bits per heavy atom. The van der Waals surface area contributed by atoms with Crippen molar-refractivity contribution in [3.05, 3.63) is 33.9 Å². The molecule has 0 bridgehead atoms. The first-order valence-corrected chi connectivity index (χ1v) is 22.2. The van der Waals surface area contributed by atoms with Crippen molar-refractivity contribution >= 4 is 15.9 Å². The van der Waals surface area contributed by atoms with Crippen LogP contribution in [0.15, 0.2) is 11.6 Å². The third-order valence-corrected chi connectivity index (χ3v) is 10.9. The molecule has 2 fully saturated rings. The van der Waals surface area contributed by atoms with Crippen molar-refractivity contribution in [3.63, 3.8) is 0 Å². The van der Waals surface area contributed by atoms with Crippen LogP contribution >= 0.6 is 0 Å². The SMILES string of the molecule is C.CC#N.CC#N.CC#N.CC(=O)C=C(C)C.CC(C)CC(C)O.CC1C(C)C(C)C(C)C1C.CC1C(C)C(C)C(C)C1C.CCN(CC)CC.CS(=O)(=O)[O-].[CH3-].[CH3-].[CH3-].[Ru+2].[Ru+]. The predicted octanol–water partition coefficient (Wildman–Crippen LogP) is 13.4. The van der Waals surface area contributed by atoms with E-state index in [0.29, 0.717) is 12.2 Å². The first-order valence-electron chi connectivity index (χ1n) is 20.3. The van der Waals surface area contributed by atoms with Gasteiger partial charge in [-0.15, -0.1) is 0 Å². The van der Waals surface area contributed by atoms with Gasteiger partial charge in [0, 0.05) is 27.0 Å². The number of nitrogens with zero attached hydrogens (tertiary/aromatic N) is 4. The number of rotatable bonds is 6. The second kappa shape index (κ2) is 59.0. The second-order valence-electron chi connectivity index (χ2n) is 15.9. The molecule has 1 atom stereocenters. The Balaban J connectivity index is -0.0000000393. The van der Waals surface area contributed by atoms with Gasteiger partial charge in [0.1, 0.15) is 0 Å². The fraction of sp³-hybridized carbons (Fsp3) is 0.816. The largest absolute Gasteiger partial charge is 2.00 e. The summed E-state index contributed by atoms with van der Waals surface area (Å²) in [6.07, 6.45) is 3.01. The summed E-state index contributed by atoms with van der Waals surface area (Å²) < 4.78 is 27.2. The van der Waals surface area contributed by atoms with Gasteiger partial charge < -0.3 is 36.8 Å². The van der Waals surface area contributed by atoms with Crippen LogP contribution in [0.2, 0.25) is 0 Å². The summed E-state index contributed by atoms with van der Waals surface area (Å²) in [5.74, 6) is 10.1. The van der Waals surface area contributed by atoms with Crippen LogP contribution in [0.1, 0.15) is 166 Å². The van der Waals surface area contributed by atoms with Crippen molar-refractivity contribution in [2.75, 3.05) is 25.9 Å². The summed E-state index contributed by atoms with van der Waals surface area (Å²) in [5.41, 5.74) is 1.06. The maximum atomic E-state index is 10.2. The van der Waals surface area contributed by atoms with Crippen LogP contribution < -0.4 is 0 Å². The number of carbonyl (C=O) groups is 1. The molecular weight excluding hydrogens is 959 g/mol. The van der Waals surface area contributed by atoms with Crippen molar-refractivity contribution in [3.8, 4) is 18.2 Å². The van der Waals surface area contributed by atoms with E-state index in [-0.39, 0.29) is 80.5 Å². The fourth-order valence-corrected chi connectivity index (χ4v) is 6.55. The summed E-state index contributed by atoms with van der Waals surface area (Å²) in [7, 11) is -3.92. The Labute approximate surface area is 411 Å². The fourth-order valence-electron chi connectivity index (χ4n) is 6.55. The van der Waals surface area contributed by atoms with Crippen molar-refractivity contribution < 1.29 is 61.8 Å². The topological polar surface area (TPSA) is 169 Å². The minimum Gasteiger partial charge on any atom is -0.748 e. The quantitative estimate of drug-likeness (QED) is 0.118. The molecule has 0 aromatic carbocycles. The van der Waals surface area contributed by atoms with Crippen molar-refractivity contribution in [2.24, 2.45) is 65.1 Å². The molecule has 0 aromatic heterocycles. The Morgan fingerprint density at radius 2 is 0.787 bits per heavy atom. The Morgan fingerprint density at radius 1 is 0.639 bits per heavy atom. The minimum atomic E-state index is -3.92. The minimum absolute atomic E-state index is 0. The number of ketones is 1. The molecule has 61 heavy (non-hydrogen) atoms. The number of hydrogen-bond donors (Lipinski definition) is 1. The number of hydrogen-bond acceptors (Lipinski definition) is 9. The molecule has 12 heteroatoms. The zero-order valence-corrected chi connectivity index (χ0v) is 48.1. The molecule has 2 aliphatic rings. The van der Waals surface area contributed by atoms with Gasteiger partial charge >= 0.3 is 39.0 Å². The maximum Gasteiger partial charge on any atom is 2.00 e. The first kappa shape index (κ1) is 94.5. The molecule has 0 saturated heterocycles. The van der Waals surface area contributed by atoms with Crippen LogP contribution in [-0.4, -0.2) is 60.8 Å². The number of allylic oxidation sites excluding steroid dienone is 2. The molecule has 0 amide bonds. The van der Waals surface area contributed by atoms with E-state index in [9.17, 15) is 4.79 Å². The van der Waals surface area contributed by atoms with Crippen molar-refractivity contribution in [1.82, 2.24) is 4.90 Å². The zero-order chi connectivity index (χ0) is 45.8. The summed E-state index contributed by atoms with van der Waals surface area (Å²) >= 11 is 0. The molecule has 0 aliphatic heterocycles. The smallest absolute Gasteiger partial charge is 0.748 e. The molecule has 2 saturated carbocycles. The molecule has 1 unspecified atom stereocenters. The average molecular weight is 1060 g/mol. The molecule has 2 rings (SSSR count). The monoisotopic (exact) mass is 1060 g/mol. The molecule has 9 nitrogen and oxygen atoms in total. The van der Waals surface area contributed by atoms with Gasteiger partial charge in [-0.25, -0.2) is 8.42 Å². The van der Waals surface area contributed by atoms with E-state index >= 15 is 0 Å². The van der Waals surface area contributed by atoms with Crippen LogP contribution in [-0.2, 0) is 53.9 Å². The third kappa shape index (κ3) is 68.2. The number of aliphatic hydroxyl groups excluding tert-OH is 1. The maximum absolute atomic E-state index is 10.2. The number of nitriles is 3. The molecule has 373 valence electrons. The molecular formula is C49H104N4O5Ru2S-. The normalized spacial score (nSPS) is 23.3. The predicted molar refractivity (Wildman–Crippen MR) is 262 cm³/mol. The zero-order valence-electron chi connectivity index (χ0n) is 43.8. The van der Waals surface area contributed by atoms with E-state index in [0.717, 1.165) is 71.2 Å². The van der Waals surface area contributed by atoms with Crippen LogP contribution in [0.4, 0.5) is 0 Å². The van der Waals surface area contributed by atoms with E-state index in [2.05, 4.69) is 109 Å². The van der Waals surface area contributed by atoms with Crippen molar-refractivity contribution in [2.45, 2.75) is 172 Å². The summed E-state index contributed by atoms with van der Waals surface area (Å²) in [6.45, 7) is 49.8. The first-order chi connectivity index (χ1) is 24.9. The molecule has 2 aliphatic carbocycles. The van der Waals surface area contributed by atoms with Crippen LogP contribution in [0.25, 0.3) is 0 Å². The molecule has 1 N–H and O–H groups in total. The van der Waals surface area contributed by atoms with E-state index in [1.54, 1.807) is 31.2 Å². The Hall–Kier alpha value is -1.04. The molecule has 1 radical (unpaired) electrons. The standard InChI is InChI=1S/2C10H20.C6H15N.C6H14O.C6H10O.3C2H3N.CH4O3S.CH4.3CH3.2Ru/c2*1-6-7(2)9(4)10(5)8(6)3;1-4-7(5-2)6-3;2*1-5(2)4-6(3)7;3*1-2-3;1-5(2,3)4;;;;;;/h2*6-10H,1-5H3;4-6H2,1-3H3;5-7H,4H2,1-3H3;4H,1-3H3;3*1H3;1H3,(H,2,3,4);1H4;3*1H3;;/q;;;;;;;;;;3*-1;+1;+2/p-1. The Bertz CT molecular complexity index is 989. The van der Waals surface area contributed by atoms with Gasteiger partial charge in [-0.1, -0.05) is 117 Å². The summed E-state index contributed by atoms with van der Waals surface area (Å²) in [4.78, 5) is 12.6. The average Bonchev–Trinajstić information content (AvgIpc) is 3.31. The van der Waals surface area contributed by atoms with E-state index in [1.165, 1.54) is 40.4 Å². The van der Waals surface area contributed by atoms with E-state index < -0.39 is 10.1 Å². The van der Waals surface area contributed by atoms with Gasteiger partial charge in [-0.3, -0.25) is 4.79 Å². The van der Waals surface area contributed by atoms with Gasteiger partial charge in [-0.05, 0) is 125 Å². The summed E-state index contributed by atoms with van der Waals surface area (Å²) in [5, 5.41) is 30.7. The molecule has 0 aromatic rings. The van der Waals surface area contributed by atoms with Crippen LogP contribution in [0, 0.1) is 121 Å². The van der Waals surface area contributed by atoms with Gasteiger partial charge in [0.05, 0.1) is 34.4 Å². The summed E-state index contributed by atoms with van der Waals surface area (Å²) in [6, 6.07) is 5.25. The van der Waals surface area contributed by atoms with Gasteiger partial charge in [0.2, 0.25) is 0 Å². The number of aliphatic hydroxyl groups is 1. The Kier molecular flexibility index (Phi) is 91.4. The van der Waals surface area contributed by atoms with Gasteiger partial charge in [-0.2, -0.15) is 15.8 Å². The second-order valence-corrected chi connectivity index (χ2v) is 17.3. The van der Waals surface area contributed by atoms with Crippen LogP contribution in [0.5, 0.6) is 0 Å². The molecule has 0 heterocycles. The van der Waals surface area contributed by atoms with E-state index in [4.69, 9.17) is 33.9 Å². The van der Waals surface area contributed by atoms with E-state index in [1.807, 2.05) is 20.8 Å². The van der Waals surface area contributed by atoms with Gasteiger partial charge in [0.15, 0.2) is 5.78 Å².